The molecule has 0 radical (unpaired) electrons. The van der Waals surface area contributed by atoms with Gasteiger partial charge in [-0.05, 0) is 125 Å². The lowest BCUT2D eigenvalue weighted by Gasteiger charge is -2.22. The minimum atomic E-state index is 0.0147. The Kier molecular flexibility index (Phi) is 6.99. The van der Waals surface area contributed by atoms with Crippen molar-refractivity contribution in [2.24, 2.45) is 0 Å². The highest BCUT2D eigenvalue weighted by atomic mass is 16.3. The lowest BCUT2D eigenvalue weighted by atomic mass is 9.82. The molecule has 1 aliphatic heterocycles. The third-order valence-corrected chi connectivity index (χ3v) is 11.9. The molecule has 0 spiro atoms. The fourth-order valence-electron chi connectivity index (χ4n) is 9.42. The van der Waals surface area contributed by atoms with Gasteiger partial charge >= 0.3 is 0 Å². The lowest BCUT2D eigenvalue weighted by molar-refractivity contribution is 0.668. The first-order valence-corrected chi connectivity index (χ1v) is 19.6. The Balaban J connectivity index is 1.04. The summed E-state index contributed by atoms with van der Waals surface area (Å²) in [6, 6.07) is 61.6. The van der Waals surface area contributed by atoms with E-state index in [4.69, 9.17) is 4.42 Å². The van der Waals surface area contributed by atoms with Crippen LogP contribution in [-0.4, -0.2) is 4.98 Å². The zero-order valence-electron chi connectivity index (χ0n) is 30.9. The predicted molar refractivity (Wildman–Crippen MR) is 237 cm³/mol. The molecule has 12 rings (SSSR count). The van der Waals surface area contributed by atoms with Gasteiger partial charge in [0.25, 0.3) is 0 Å². The smallest absolute Gasteiger partial charge is 0.135 e. The van der Waals surface area contributed by atoms with E-state index < -0.39 is 0 Å². The van der Waals surface area contributed by atoms with Crippen molar-refractivity contribution in [3.63, 3.8) is 0 Å². The second kappa shape index (κ2) is 12.5. The molecule has 1 atom stereocenters. The summed E-state index contributed by atoms with van der Waals surface area (Å²) in [6.07, 6.45) is 8.23. The summed E-state index contributed by atoms with van der Waals surface area (Å²) in [5, 5.41) is 11.0. The number of allylic oxidation sites excluding steroid dienone is 2. The first-order chi connectivity index (χ1) is 28.3. The summed E-state index contributed by atoms with van der Waals surface area (Å²) >= 11 is 0. The highest BCUT2D eigenvalue weighted by Gasteiger charge is 2.31. The first-order valence-electron chi connectivity index (χ1n) is 19.6. The highest BCUT2D eigenvalue weighted by molar-refractivity contribution is 6.29. The molecule has 1 N–H and O–H groups in total. The summed E-state index contributed by atoms with van der Waals surface area (Å²) in [5.74, 6) is 0. The van der Waals surface area contributed by atoms with Gasteiger partial charge in [0, 0.05) is 17.0 Å². The van der Waals surface area contributed by atoms with Crippen molar-refractivity contribution in [1.29, 1.82) is 0 Å². The zero-order valence-corrected chi connectivity index (χ0v) is 30.9. The van der Waals surface area contributed by atoms with Gasteiger partial charge < -0.3 is 9.73 Å². The standard InChI is InChI=1S/C54H34N2O/c1-3-13-33(14-4-1)50-39-17-7-8-18-40(39)51(34-15-5-2-6-16-34)54-42-27-26-37(38-19-11-20-41(52(38)42)53(50)54)35-24-28-48-43(31-35)44-32-36(25-29-49(44)57-48)45-22-12-23-47(56-45)46-21-9-10-30-55-46/h1-32,45,56H. The van der Waals surface area contributed by atoms with Crippen molar-refractivity contribution in [2.45, 2.75) is 6.04 Å². The van der Waals surface area contributed by atoms with Crippen LogP contribution < -0.4 is 5.32 Å². The molecule has 8 aromatic carbocycles. The molecule has 0 amide bonds. The number of fused-ring (bicyclic) bond motifs is 7. The number of rotatable bonds is 5. The quantitative estimate of drug-likeness (QED) is 0.192. The van der Waals surface area contributed by atoms with Gasteiger partial charge in [-0.3, -0.25) is 4.98 Å². The second-order valence-electron chi connectivity index (χ2n) is 15.0. The summed E-state index contributed by atoms with van der Waals surface area (Å²) in [7, 11) is 0. The molecule has 2 aromatic heterocycles. The molecule has 2 aliphatic rings. The van der Waals surface area contributed by atoms with Gasteiger partial charge in [-0.15, -0.1) is 0 Å². The molecule has 10 aromatic rings. The van der Waals surface area contributed by atoms with Crippen LogP contribution in [0, 0.1) is 0 Å². The number of nitrogens with zero attached hydrogens (tertiary/aromatic N) is 1. The summed E-state index contributed by atoms with van der Waals surface area (Å²) in [5.41, 5.74) is 17.5. The number of hydrogen-bond donors (Lipinski definition) is 1. The van der Waals surface area contributed by atoms with Gasteiger partial charge in [0.1, 0.15) is 11.2 Å². The van der Waals surface area contributed by atoms with Crippen LogP contribution in [-0.2, 0) is 0 Å². The van der Waals surface area contributed by atoms with Crippen molar-refractivity contribution in [3.05, 3.63) is 206 Å². The summed E-state index contributed by atoms with van der Waals surface area (Å²) in [6.45, 7) is 0. The van der Waals surface area contributed by atoms with E-state index in [1.807, 2.05) is 24.4 Å². The molecule has 0 bridgehead atoms. The number of pyridine rings is 1. The zero-order chi connectivity index (χ0) is 37.5. The Morgan fingerprint density at radius 2 is 1.09 bits per heavy atom. The second-order valence-corrected chi connectivity index (χ2v) is 15.0. The molecule has 3 nitrogen and oxygen atoms in total. The molecule has 1 aliphatic carbocycles. The van der Waals surface area contributed by atoms with Crippen LogP contribution in [0.1, 0.15) is 17.3 Å². The molecule has 0 saturated carbocycles. The summed E-state index contributed by atoms with van der Waals surface area (Å²) in [4.78, 5) is 4.57. The third-order valence-electron chi connectivity index (χ3n) is 11.9. The first kappa shape index (κ1) is 31.8. The third kappa shape index (κ3) is 4.89. The Morgan fingerprint density at radius 3 is 1.81 bits per heavy atom. The molecule has 266 valence electrons. The highest BCUT2D eigenvalue weighted by Crippen LogP contribution is 2.58. The van der Waals surface area contributed by atoms with Gasteiger partial charge in [-0.1, -0.05) is 146 Å². The fourth-order valence-corrected chi connectivity index (χ4v) is 9.42. The van der Waals surface area contributed by atoms with Gasteiger partial charge in [0.05, 0.1) is 17.4 Å². The van der Waals surface area contributed by atoms with Gasteiger partial charge in [-0.25, -0.2) is 0 Å². The van der Waals surface area contributed by atoms with E-state index in [2.05, 4.69) is 180 Å². The Labute approximate surface area is 329 Å². The van der Waals surface area contributed by atoms with Crippen LogP contribution in [0.2, 0.25) is 0 Å². The van der Waals surface area contributed by atoms with E-state index in [1.165, 1.54) is 82.7 Å². The van der Waals surface area contributed by atoms with E-state index in [1.54, 1.807) is 0 Å². The average molecular weight is 727 g/mol. The van der Waals surface area contributed by atoms with Crippen LogP contribution in [0.15, 0.2) is 199 Å². The topological polar surface area (TPSA) is 38.1 Å². The number of benzene rings is 8. The maximum atomic E-state index is 6.44. The number of aromatic nitrogens is 1. The molecule has 57 heavy (non-hydrogen) atoms. The number of dihydropyridines is 1. The Hall–Kier alpha value is -7.49. The van der Waals surface area contributed by atoms with E-state index in [0.29, 0.717) is 0 Å². The molecular formula is C54H34N2O. The number of hydrogen-bond acceptors (Lipinski definition) is 3. The summed E-state index contributed by atoms with van der Waals surface area (Å²) < 4.78 is 6.44. The van der Waals surface area contributed by atoms with E-state index in [-0.39, 0.29) is 6.04 Å². The van der Waals surface area contributed by atoms with Crippen molar-refractivity contribution in [2.75, 3.05) is 0 Å². The van der Waals surface area contributed by atoms with Crippen molar-refractivity contribution < 1.29 is 4.42 Å². The van der Waals surface area contributed by atoms with Crippen LogP contribution in [0.3, 0.4) is 0 Å². The number of furan rings is 1. The molecular weight excluding hydrogens is 693 g/mol. The fraction of sp³-hybridized carbons (Fsp3) is 0.0185. The maximum Gasteiger partial charge on any atom is 0.135 e. The van der Waals surface area contributed by atoms with Gasteiger partial charge in [-0.2, -0.15) is 0 Å². The maximum absolute atomic E-state index is 6.44. The lowest BCUT2D eigenvalue weighted by Crippen LogP contribution is -2.20. The molecule has 0 fully saturated rings. The van der Waals surface area contributed by atoms with E-state index in [9.17, 15) is 0 Å². The van der Waals surface area contributed by atoms with Gasteiger partial charge in [0.2, 0.25) is 0 Å². The van der Waals surface area contributed by atoms with Crippen molar-refractivity contribution >= 4 is 49.2 Å². The minimum absolute atomic E-state index is 0.0147. The molecule has 3 heteroatoms. The van der Waals surface area contributed by atoms with Crippen LogP contribution in [0.4, 0.5) is 0 Å². The monoisotopic (exact) mass is 726 g/mol. The van der Waals surface area contributed by atoms with Crippen LogP contribution >= 0.6 is 0 Å². The minimum Gasteiger partial charge on any atom is -0.456 e. The van der Waals surface area contributed by atoms with E-state index in [0.717, 1.165) is 33.3 Å². The Bertz CT molecular complexity index is 3210. The molecule has 3 heterocycles. The largest absolute Gasteiger partial charge is 0.456 e. The predicted octanol–water partition coefficient (Wildman–Crippen LogP) is 14.2. The number of nitrogens with one attached hydrogen (secondary N) is 1. The van der Waals surface area contributed by atoms with Crippen LogP contribution in [0.5, 0.6) is 0 Å². The van der Waals surface area contributed by atoms with Gasteiger partial charge in [0.15, 0.2) is 0 Å². The average Bonchev–Trinajstić information content (AvgIpc) is 3.82. The SMILES string of the molecule is C1=CC(c2ccc3oc4ccc(-c5ccc6c7c(cccc57)-c5c-6c(-c6ccccc6)c6ccccc6c5-c5ccccc5)cc4c3c2)NC(c2ccccn2)=C1. The van der Waals surface area contributed by atoms with Crippen LogP contribution in [0.25, 0.3) is 105 Å². The van der Waals surface area contributed by atoms with E-state index >= 15 is 0 Å². The normalized spacial score (nSPS) is 14.3. The Morgan fingerprint density at radius 1 is 0.456 bits per heavy atom. The van der Waals surface area contributed by atoms with Crippen molar-refractivity contribution in [1.82, 2.24) is 10.3 Å². The molecule has 0 saturated heterocycles. The molecule has 1 unspecified atom stereocenters. The van der Waals surface area contributed by atoms with Crippen molar-refractivity contribution in [3.8, 4) is 55.6 Å².